The van der Waals surface area contributed by atoms with Gasteiger partial charge < -0.3 is 89.1 Å². The van der Waals surface area contributed by atoms with Crippen molar-refractivity contribution >= 4 is 25.7 Å². The van der Waals surface area contributed by atoms with E-state index in [4.69, 9.17) is 42.2 Å². The Kier molecular flexibility index (Phi) is 49.0. The smallest absolute Gasteiger partial charge is 0.463 e. The molecule has 25 heteroatoms. The zero-order valence-electron chi connectivity index (χ0n) is 58.7. The van der Waals surface area contributed by atoms with Crippen LogP contribution in [0.1, 0.15) is 290 Å². The Morgan fingerprint density at radius 2 is 0.729 bits per heavy atom. The van der Waals surface area contributed by atoms with Crippen molar-refractivity contribution < 1.29 is 117 Å². The van der Waals surface area contributed by atoms with Gasteiger partial charge in [0.25, 0.3) is 0 Å². The van der Waals surface area contributed by atoms with E-state index in [-0.39, 0.29) is 19.3 Å². The number of phosphoric acid groups is 1. The first-order valence-electron chi connectivity index (χ1n) is 37.5. The van der Waals surface area contributed by atoms with E-state index >= 15 is 0 Å². The van der Waals surface area contributed by atoms with Crippen LogP contribution in [-0.2, 0) is 61.2 Å². The summed E-state index contributed by atoms with van der Waals surface area (Å²) in [5.41, 5.74) is 0. The van der Waals surface area contributed by atoms with Crippen molar-refractivity contribution in [2.45, 2.75) is 395 Å². The average Bonchev–Trinajstić information content (AvgIpc) is 0.795. The molecule has 3 aliphatic rings. The van der Waals surface area contributed by atoms with Gasteiger partial charge in [-0.15, -0.1) is 0 Å². The highest BCUT2D eigenvalue weighted by molar-refractivity contribution is 7.47. The van der Waals surface area contributed by atoms with Crippen molar-refractivity contribution in [2.24, 2.45) is 0 Å². The maximum absolute atomic E-state index is 14.3. The van der Waals surface area contributed by atoms with E-state index < -0.39 is 156 Å². The number of rotatable bonds is 58. The number of carbonyl (C=O) groups excluding carboxylic acids is 3. The number of unbranched alkanes of at least 4 members (excludes halogenated alkanes) is 35. The Labute approximate surface area is 573 Å². The number of ether oxygens (including phenoxy) is 7. The van der Waals surface area contributed by atoms with Crippen molar-refractivity contribution in [1.82, 2.24) is 0 Å². The van der Waals surface area contributed by atoms with E-state index in [2.05, 4.69) is 32.9 Å². The van der Waals surface area contributed by atoms with Gasteiger partial charge in [0, 0.05) is 19.3 Å². The molecule has 96 heavy (non-hydrogen) atoms. The minimum atomic E-state index is -5.69. The van der Waals surface area contributed by atoms with Crippen LogP contribution in [0, 0.1) is 0 Å². The number of phosphoric ester groups is 1. The summed E-state index contributed by atoms with van der Waals surface area (Å²) in [5.74, 6) is -1.99. The zero-order chi connectivity index (χ0) is 70.4. The number of aliphatic hydroxyl groups is 10. The molecule has 1 aliphatic carbocycles. The molecule has 24 nitrogen and oxygen atoms in total. The number of esters is 3. The highest BCUT2D eigenvalue weighted by Crippen LogP contribution is 2.49. The van der Waals surface area contributed by atoms with Crippen molar-refractivity contribution in [2.75, 3.05) is 26.4 Å². The molecular weight excluding hydrogens is 1270 g/mol. The Hall–Kier alpha value is -2.30. The maximum Gasteiger partial charge on any atom is 0.472 e. The molecule has 3 fully saturated rings. The predicted molar refractivity (Wildman–Crippen MR) is 361 cm³/mol. The van der Waals surface area contributed by atoms with Crippen molar-refractivity contribution in [3.63, 3.8) is 0 Å². The summed E-state index contributed by atoms with van der Waals surface area (Å²) in [5, 5.41) is 110. The lowest BCUT2D eigenvalue weighted by Crippen LogP contribution is -2.69. The molecule has 0 spiro atoms. The molecule has 18 unspecified atom stereocenters. The Balaban J connectivity index is 1.74. The van der Waals surface area contributed by atoms with E-state index in [0.29, 0.717) is 19.3 Å². The predicted octanol–water partition coefficient (Wildman–Crippen LogP) is 9.96. The molecule has 1 saturated carbocycles. The van der Waals surface area contributed by atoms with Crippen LogP contribution in [0.15, 0.2) is 12.2 Å². The Bertz CT molecular complexity index is 2040. The Morgan fingerprint density at radius 3 is 1.14 bits per heavy atom. The molecule has 11 N–H and O–H groups in total. The Morgan fingerprint density at radius 1 is 0.396 bits per heavy atom. The molecule has 3 rings (SSSR count). The van der Waals surface area contributed by atoms with E-state index in [1.807, 2.05) is 0 Å². The quantitative estimate of drug-likeness (QED) is 0.00886. The van der Waals surface area contributed by atoms with Crippen molar-refractivity contribution in [3.05, 3.63) is 12.2 Å². The van der Waals surface area contributed by atoms with Gasteiger partial charge in [-0.05, 0) is 44.9 Å². The van der Waals surface area contributed by atoms with Crippen LogP contribution in [0.4, 0.5) is 0 Å². The second-order valence-corrected chi connectivity index (χ2v) is 28.4. The summed E-state index contributed by atoms with van der Waals surface area (Å²) in [4.78, 5) is 50.9. The second kappa shape index (κ2) is 53.5. The monoisotopic (exact) mass is 1400 g/mol. The minimum absolute atomic E-state index is 0.0315. The topological polar surface area (TPSA) is 374 Å². The molecular formula is C71H131O24P. The highest BCUT2D eigenvalue weighted by Gasteiger charge is 2.58. The molecule has 2 heterocycles. The van der Waals surface area contributed by atoms with Crippen molar-refractivity contribution in [1.29, 1.82) is 0 Å². The zero-order valence-corrected chi connectivity index (χ0v) is 59.6. The number of carbonyl (C=O) groups is 3. The summed E-state index contributed by atoms with van der Waals surface area (Å²) in [6, 6.07) is 0. The van der Waals surface area contributed by atoms with Gasteiger partial charge in [0.05, 0.1) is 13.2 Å². The largest absolute Gasteiger partial charge is 0.472 e. The molecule has 2 aliphatic heterocycles. The first-order chi connectivity index (χ1) is 46.3. The van der Waals surface area contributed by atoms with Gasteiger partial charge in [-0.25, -0.2) is 4.57 Å². The van der Waals surface area contributed by atoms with Crippen molar-refractivity contribution in [3.8, 4) is 0 Å². The summed E-state index contributed by atoms with van der Waals surface area (Å²) in [6.07, 6.45) is 11.4. The summed E-state index contributed by atoms with van der Waals surface area (Å²) < 4.78 is 65.0. The van der Waals surface area contributed by atoms with Crippen LogP contribution in [-0.4, -0.2) is 204 Å². The molecule has 0 aromatic carbocycles. The van der Waals surface area contributed by atoms with Gasteiger partial charge in [-0.1, -0.05) is 238 Å². The fraction of sp³-hybridized carbons (Fsp3) is 0.930. The van der Waals surface area contributed by atoms with Gasteiger partial charge in [-0.2, -0.15) is 0 Å². The average molecular weight is 1400 g/mol. The number of hydrogen-bond acceptors (Lipinski definition) is 23. The van der Waals surface area contributed by atoms with Gasteiger partial charge in [-0.3, -0.25) is 23.4 Å². The van der Waals surface area contributed by atoms with Crippen LogP contribution >= 0.6 is 7.82 Å². The molecule has 18 atom stereocenters. The normalized spacial score (nSPS) is 28.0. The third kappa shape index (κ3) is 36.5. The highest BCUT2D eigenvalue weighted by atomic mass is 31.2. The maximum atomic E-state index is 14.3. The van der Waals surface area contributed by atoms with Crippen LogP contribution in [0.3, 0.4) is 0 Å². The molecule has 0 aromatic rings. The fourth-order valence-electron chi connectivity index (χ4n) is 12.4. The molecule has 2 saturated heterocycles. The first-order valence-corrected chi connectivity index (χ1v) is 39.0. The number of hydrogen-bond donors (Lipinski definition) is 11. The first kappa shape index (κ1) is 87.9. The summed E-state index contributed by atoms with van der Waals surface area (Å²) >= 11 is 0. The van der Waals surface area contributed by atoms with Gasteiger partial charge >= 0.3 is 25.7 Å². The molecule has 0 aromatic heterocycles. The van der Waals surface area contributed by atoms with E-state index in [1.165, 1.54) is 116 Å². The number of allylic oxidation sites excluding steroid dienone is 2. The summed E-state index contributed by atoms with van der Waals surface area (Å²) in [7, 11) is -5.69. The third-order valence-electron chi connectivity index (χ3n) is 18.5. The summed E-state index contributed by atoms with van der Waals surface area (Å²) in [6.45, 7) is 3.43. The number of aliphatic hydroxyl groups excluding tert-OH is 10. The SMILES string of the molecule is CCCCCC/C=C\CCCCCCCCCC(=O)OCC(COP(=O)(O)OC1C(OC2OC(CO)C(O)C(O)C2O)C(O)C(O)C(O)C1OC1OC(COC(=O)CCCCCCCCCCCCC)C(O)C(O)C1O)OC(=O)CCCCCCCCCCCCCCCCC. The van der Waals surface area contributed by atoms with E-state index in [0.717, 1.165) is 116 Å². The van der Waals surface area contributed by atoms with E-state index in [1.54, 1.807) is 0 Å². The van der Waals surface area contributed by atoms with Crippen LogP contribution in [0.25, 0.3) is 0 Å². The van der Waals surface area contributed by atoms with Gasteiger partial charge in [0.1, 0.15) is 98.7 Å². The van der Waals surface area contributed by atoms with Crippen LogP contribution in [0.5, 0.6) is 0 Å². The van der Waals surface area contributed by atoms with Gasteiger partial charge in [0.15, 0.2) is 18.7 Å². The molecule has 0 amide bonds. The lowest BCUT2D eigenvalue weighted by Gasteiger charge is -2.49. The molecule has 0 bridgehead atoms. The third-order valence-corrected chi connectivity index (χ3v) is 19.5. The molecule has 564 valence electrons. The van der Waals surface area contributed by atoms with Crippen LogP contribution in [0.2, 0.25) is 0 Å². The fourth-order valence-corrected chi connectivity index (χ4v) is 13.4. The second-order valence-electron chi connectivity index (χ2n) is 27.0. The van der Waals surface area contributed by atoms with Crippen LogP contribution < -0.4 is 0 Å². The van der Waals surface area contributed by atoms with Gasteiger partial charge in [0.2, 0.25) is 0 Å². The lowest BCUT2D eigenvalue weighted by atomic mass is 9.84. The lowest BCUT2D eigenvalue weighted by molar-refractivity contribution is -0.360. The molecule has 0 radical (unpaired) electrons. The minimum Gasteiger partial charge on any atom is -0.463 e. The van der Waals surface area contributed by atoms with E-state index in [9.17, 15) is 74.9 Å². The standard InChI is InChI=1S/C71H131O24P/c1-4-7-10-13-16-19-22-24-26-28-31-34-36-39-42-45-55(73)87-49-52(90-57(75)47-44-41-38-35-32-29-27-25-23-20-17-14-11-8-5-2)50-89-96(85,86)95-69-67(93-70-65(83)60(78)58(76)53(48-72)91-70)63(81)62(80)64(82)68(69)94-71-66(84)61(79)59(77)54(92-71)51-88-56(74)46-43-40-37-33-30-21-18-15-12-9-6-3/h19,22,52-54,58-72,76-84H,4-18,20-21,23-51H2,1-3H3,(H,85,86)/b22-19-.